The van der Waals surface area contributed by atoms with Gasteiger partial charge in [-0.15, -0.1) is 0 Å². The van der Waals surface area contributed by atoms with Gasteiger partial charge in [-0.3, -0.25) is 4.90 Å². The molecule has 0 saturated carbocycles. The van der Waals surface area contributed by atoms with Crippen molar-refractivity contribution in [3.63, 3.8) is 0 Å². The first kappa shape index (κ1) is 14.5. The Labute approximate surface area is 126 Å². The van der Waals surface area contributed by atoms with E-state index in [0.717, 1.165) is 37.8 Å². The van der Waals surface area contributed by atoms with Gasteiger partial charge in [-0.25, -0.2) is 4.98 Å². The molecule has 3 rings (SSSR count). The first-order chi connectivity index (χ1) is 10.2. The minimum Gasteiger partial charge on any atom is -0.373 e. The number of anilines is 2. The zero-order chi connectivity index (χ0) is 14.7. The topological polar surface area (TPSA) is 62.3 Å². The summed E-state index contributed by atoms with van der Waals surface area (Å²) in [6.45, 7) is 8.78. The Hall–Kier alpha value is -1.40. The van der Waals surface area contributed by atoms with Gasteiger partial charge in [0.15, 0.2) is 0 Å². The van der Waals surface area contributed by atoms with E-state index in [1.807, 2.05) is 19.9 Å². The molecule has 0 aromatic carbocycles. The van der Waals surface area contributed by atoms with E-state index in [1.54, 1.807) is 0 Å². The summed E-state index contributed by atoms with van der Waals surface area (Å²) in [6.07, 6.45) is 2.85. The van der Waals surface area contributed by atoms with Crippen molar-refractivity contribution in [3.05, 3.63) is 11.8 Å². The van der Waals surface area contributed by atoms with Gasteiger partial charge < -0.3 is 15.4 Å². The van der Waals surface area contributed by atoms with Crippen LogP contribution in [0, 0.1) is 6.92 Å². The number of aryl methyl sites for hydroxylation is 1. The highest BCUT2D eigenvalue weighted by molar-refractivity contribution is 5.42. The maximum Gasteiger partial charge on any atom is 0.224 e. The van der Waals surface area contributed by atoms with E-state index in [2.05, 4.69) is 25.5 Å². The molecule has 2 unspecified atom stereocenters. The number of fused-ring (bicyclic) bond motifs is 1. The number of nitrogens with zero attached hydrogens (tertiary/aromatic N) is 3. The van der Waals surface area contributed by atoms with Crippen LogP contribution in [0.5, 0.6) is 0 Å². The highest BCUT2D eigenvalue weighted by Crippen LogP contribution is 2.22. The molecule has 0 radical (unpaired) electrons. The molecule has 0 spiro atoms. The summed E-state index contributed by atoms with van der Waals surface area (Å²) in [5.41, 5.74) is 0.965. The number of aromatic nitrogens is 2. The smallest absolute Gasteiger partial charge is 0.224 e. The summed E-state index contributed by atoms with van der Waals surface area (Å²) in [7, 11) is 0. The van der Waals surface area contributed by atoms with Crippen molar-refractivity contribution < 1.29 is 4.74 Å². The molecule has 3 heterocycles. The molecule has 0 bridgehead atoms. The molecule has 6 nitrogen and oxygen atoms in total. The van der Waals surface area contributed by atoms with Crippen LogP contribution >= 0.6 is 0 Å². The van der Waals surface area contributed by atoms with Crippen LogP contribution in [0.15, 0.2) is 6.07 Å². The fourth-order valence-electron chi connectivity index (χ4n) is 3.12. The average molecular weight is 291 g/mol. The lowest BCUT2D eigenvalue weighted by Crippen LogP contribution is -2.48. The molecule has 6 heteroatoms. The normalized spacial score (nSPS) is 25.6. The van der Waals surface area contributed by atoms with E-state index < -0.39 is 0 Å². The Morgan fingerprint density at radius 3 is 3.14 bits per heavy atom. The molecule has 2 aliphatic rings. The van der Waals surface area contributed by atoms with Crippen LogP contribution in [0.1, 0.15) is 25.5 Å². The van der Waals surface area contributed by atoms with Crippen molar-refractivity contribution in [3.8, 4) is 0 Å². The van der Waals surface area contributed by atoms with E-state index in [4.69, 9.17) is 4.74 Å². The van der Waals surface area contributed by atoms with Gasteiger partial charge in [0.05, 0.1) is 12.7 Å². The van der Waals surface area contributed by atoms with Gasteiger partial charge in [0.2, 0.25) is 5.95 Å². The lowest BCUT2D eigenvalue weighted by molar-refractivity contribution is -0.0416. The number of morpholine rings is 1. The van der Waals surface area contributed by atoms with Crippen LogP contribution in [-0.2, 0) is 4.74 Å². The SMILES string of the molecule is CCNc1nc(C)cc(NCC2CN3CCCC3CO2)n1. The van der Waals surface area contributed by atoms with Gasteiger partial charge in [0.25, 0.3) is 0 Å². The van der Waals surface area contributed by atoms with Crippen molar-refractivity contribution in [1.29, 1.82) is 0 Å². The third-order valence-corrected chi connectivity index (χ3v) is 4.16. The molecule has 0 amide bonds. The number of hydrogen-bond donors (Lipinski definition) is 2. The maximum atomic E-state index is 5.96. The van der Waals surface area contributed by atoms with E-state index in [1.165, 1.54) is 19.4 Å². The van der Waals surface area contributed by atoms with Crippen LogP contribution < -0.4 is 10.6 Å². The quantitative estimate of drug-likeness (QED) is 0.857. The van der Waals surface area contributed by atoms with Crippen LogP contribution in [0.4, 0.5) is 11.8 Å². The average Bonchev–Trinajstić information content (AvgIpc) is 2.92. The minimum atomic E-state index is 0.247. The van der Waals surface area contributed by atoms with Crippen molar-refractivity contribution in [2.24, 2.45) is 0 Å². The highest BCUT2D eigenvalue weighted by Gasteiger charge is 2.31. The van der Waals surface area contributed by atoms with Gasteiger partial charge in [-0.2, -0.15) is 4.98 Å². The first-order valence-electron chi connectivity index (χ1n) is 7.93. The highest BCUT2D eigenvalue weighted by atomic mass is 16.5. The van der Waals surface area contributed by atoms with Crippen molar-refractivity contribution in [2.75, 3.05) is 43.4 Å². The van der Waals surface area contributed by atoms with Gasteiger partial charge >= 0.3 is 0 Å². The van der Waals surface area contributed by atoms with Crippen molar-refractivity contribution in [1.82, 2.24) is 14.9 Å². The zero-order valence-corrected chi connectivity index (χ0v) is 12.9. The summed E-state index contributed by atoms with van der Waals surface area (Å²) in [5, 5.41) is 6.55. The fourth-order valence-corrected chi connectivity index (χ4v) is 3.12. The second-order valence-corrected chi connectivity index (χ2v) is 5.88. The summed E-state index contributed by atoms with van der Waals surface area (Å²) < 4.78 is 5.96. The molecule has 2 fully saturated rings. The Balaban J connectivity index is 1.55. The molecular formula is C15H25N5O. The monoisotopic (exact) mass is 291 g/mol. The minimum absolute atomic E-state index is 0.247. The molecule has 1 aromatic heterocycles. The maximum absolute atomic E-state index is 5.96. The fraction of sp³-hybridized carbons (Fsp3) is 0.733. The Morgan fingerprint density at radius 1 is 1.38 bits per heavy atom. The van der Waals surface area contributed by atoms with Gasteiger partial charge in [0.1, 0.15) is 5.82 Å². The van der Waals surface area contributed by atoms with E-state index in [-0.39, 0.29) is 6.10 Å². The van der Waals surface area contributed by atoms with Crippen LogP contribution in [0.25, 0.3) is 0 Å². The molecule has 1 aromatic rings. The standard InChI is InChI=1S/C15H25N5O/c1-3-16-15-18-11(2)7-14(19-15)17-8-13-9-20-6-4-5-12(20)10-21-13/h7,12-13H,3-6,8-10H2,1-2H3,(H2,16,17,18,19). The Bertz CT molecular complexity index is 481. The van der Waals surface area contributed by atoms with E-state index >= 15 is 0 Å². The van der Waals surface area contributed by atoms with Crippen LogP contribution in [0.3, 0.4) is 0 Å². The third-order valence-electron chi connectivity index (χ3n) is 4.16. The summed E-state index contributed by atoms with van der Waals surface area (Å²) >= 11 is 0. The predicted octanol–water partition coefficient (Wildman–Crippen LogP) is 1.49. The summed E-state index contributed by atoms with van der Waals surface area (Å²) in [6, 6.07) is 2.63. The predicted molar refractivity (Wildman–Crippen MR) is 83.8 cm³/mol. The molecule has 116 valence electrons. The van der Waals surface area contributed by atoms with Crippen molar-refractivity contribution in [2.45, 2.75) is 38.8 Å². The molecule has 2 aliphatic heterocycles. The summed E-state index contributed by atoms with van der Waals surface area (Å²) in [4.78, 5) is 11.4. The van der Waals surface area contributed by atoms with Crippen molar-refractivity contribution >= 4 is 11.8 Å². The van der Waals surface area contributed by atoms with E-state index in [0.29, 0.717) is 12.0 Å². The van der Waals surface area contributed by atoms with E-state index in [9.17, 15) is 0 Å². The van der Waals surface area contributed by atoms with Crippen LogP contribution in [-0.4, -0.2) is 59.8 Å². The second-order valence-electron chi connectivity index (χ2n) is 5.88. The first-order valence-corrected chi connectivity index (χ1v) is 7.93. The largest absolute Gasteiger partial charge is 0.373 e. The third kappa shape index (κ3) is 3.63. The molecule has 0 aliphatic carbocycles. The Morgan fingerprint density at radius 2 is 2.29 bits per heavy atom. The molecule has 2 atom stereocenters. The number of hydrogen-bond acceptors (Lipinski definition) is 6. The second kappa shape index (κ2) is 6.58. The Kier molecular flexibility index (Phi) is 4.55. The van der Waals surface area contributed by atoms with Gasteiger partial charge in [-0.05, 0) is 33.2 Å². The molecule has 2 N–H and O–H groups in total. The molecule has 21 heavy (non-hydrogen) atoms. The van der Waals surface area contributed by atoms with Gasteiger partial charge in [0, 0.05) is 37.4 Å². The lowest BCUT2D eigenvalue weighted by atomic mass is 10.2. The number of nitrogens with one attached hydrogen (secondary N) is 2. The summed E-state index contributed by atoms with van der Waals surface area (Å²) in [5.74, 6) is 1.55. The lowest BCUT2D eigenvalue weighted by Gasteiger charge is -2.35. The van der Waals surface area contributed by atoms with Gasteiger partial charge in [-0.1, -0.05) is 0 Å². The number of rotatable bonds is 5. The van der Waals surface area contributed by atoms with Crippen LogP contribution in [0.2, 0.25) is 0 Å². The molecule has 2 saturated heterocycles. The zero-order valence-electron chi connectivity index (χ0n) is 12.9. The number of ether oxygens (including phenoxy) is 1. The molecular weight excluding hydrogens is 266 g/mol.